The van der Waals surface area contributed by atoms with Gasteiger partial charge in [-0.15, -0.1) is 0 Å². The highest BCUT2D eigenvalue weighted by molar-refractivity contribution is 9.10. The quantitative estimate of drug-likeness (QED) is 0.577. The summed E-state index contributed by atoms with van der Waals surface area (Å²) in [5, 5.41) is 0. The average Bonchev–Trinajstić information content (AvgIpc) is 3.44. The number of esters is 1. The van der Waals surface area contributed by atoms with E-state index in [2.05, 4.69) is 30.1 Å². The number of ether oxygens (including phenoxy) is 1. The Morgan fingerprint density at radius 3 is 2.18 bits per heavy atom. The van der Waals surface area contributed by atoms with Crippen molar-refractivity contribution in [1.82, 2.24) is 4.72 Å². The first kappa shape index (κ1) is 20.8. The molecular weight excluding hydrogens is 472 g/mol. The van der Waals surface area contributed by atoms with Crippen LogP contribution in [0.2, 0.25) is 0 Å². The fraction of sp³-hybridized carbons (Fsp3) is 0.235. The van der Waals surface area contributed by atoms with E-state index in [9.17, 15) is 21.6 Å². The third-order valence-electron chi connectivity index (χ3n) is 3.97. The van der Waals surface area contributed by atoms with E-state index in [1.807, 2.05) is 0 Å². The number of carbonyl (C=O) groups excluding carboxylic acids is 1. The van der Waals surface area contributed by atoms with E-state index in [0.717, 1.165) is 12.8 Å². The molecule has 0 spiro atoms. The van der Waals surface area contributed by atoms with Crippen LogP contribution < -0.4 is 9.44 Å². The van der Waals surface area contributed by atoms with Gasteiger partial charge in [0.2, 0.25) is 10.0 Å². The maximum Gasteiger partial charge on any atom is 0.339 e. The number of methoxy groups -OCH3 is 1. The summed E-state index contributed by atoms with van der Waals surface area (Å²) in [7, 11) is -6.42. The number of benzene rings is 2. The Labute approximate surface area is 171 Å². The Balaban J connectivity index is 1.82. The van der Waals surface area contributed by atoms with E-state index in [4.69, 9.17) is 0 Å². The van der Waals surface area contributed by atoms with Crippen molar-refractivity contribution in [2.45, 2.75) is 28.7 Å². The molecular formula is C17H17BrN2O6S2. The summed E-state index contributed by atoms with van der Waals surface area (Å²) >= 11 is 3.17. The summed E-state index contributed by atoms with van der Waals surface area (Å²) in [5.41, 5.74) is 0.255. The zero-order chi connectivity index (χ0) is 20.5. The van der Waals surface area contributed by atoms with E-state index >= 15 is 0 Å². The van der Waals surface area contributed by atoms with E-state index in [-0.39, 0.29) is 27.1 Å². The molecule has 28 heavy (non-hydrogen) atoms. The second-order valence-electron chi connectivity index (χ2n) is 6.16. The molecule has 0 heterocycles. The first-order valence-electron chi connectivity index (χ1n) is 8.15. The topological polar surface area (TPSA) is 119 Å². The van der Waals surface area contributed by atoms with Gasteiger partial charge in [-0.3, -0.25) is 4.72 Å². The maximum absolute atomic E-state index is 12.6. The fourth-order valence-corrected chi connectivity index (χ4v) is 5.14. The molecule has 1 saturated carbocycles. The number of hydrogen-bond acceptors (Lipinski definition) is 6. The zero-order valence-electron chi connectivity index (χ0n) is 14.7. The van der Waals surface area contributed by atoms with Crippen molar-refractivity contribution in [2.75, 3.05) is 11.8 Å². The standard InChI is InChI=1S/C17H17BrN2O6S2/c1-26-17(21)15-10-14(8-9-16(15)18)28(24,25)20-12-4-6-13(7-5-12)27(22,23)19-11-2-3-11/h4-11,19-20H,2-3H2,1H3. The van der Waals surface area contributed by atoms with Gasteiger partial charge in [-0.25, -0.2) is 26.4 Å². The highest BCUT2D eigenvalue weighted by atomic mass is 79.9. The van der Waals surface area contributed by atoms with Crippen LogP contribution in [0.4, 0.5) is 5.69 Å². The molecule has 150 valence electrons. The summed E-state index contributed by atoms with van der Waals surface area (Å²) < 4.78 is 59.5. The maximum atomic E-state index is 12.6. The highest BCUT2D eigenvalue weighted by Crippen LogP contribution is 2.25. The van der Waals surface area contributed by atoms with Crippen LogP contribution in [0.25, 0.3) is 0 Å². The Kier molecular flexibility index (Phi) is 5.80. The molecule has 3 rings (SSSR count). The number of sulfonamides is 2. The Morgan fingerprint density at radius 2 is 1.61 bits per heavy atom. The van der Waals surface area contributed by atoms with E-state index in [1.165, 1.54) is 49.6 Å². The average molecular weight is 489 g/mol. The molecule has 0 atom stereocenters. The first-order chi connectivity index (χ1) is 13.1. The Morgan fingerprint density at radius 1 is 1.00 bits per heavy atom. The molecule has 0 radical (unpaired) electrons. The molecule has 0 unspecified atom stereocenters. The number of anilines is 1. The summed E-state index contributed by atoms with van der Waals surface area (Å²) in [6.07, 6.45) is 1.63. The van der Waals surface area contributed by atoms with Crippen molar-refractivity contribution in [1.29, 1.82) is 0 Å². The van der Waals surface area contributed by atoms with Gasteiger partial charge in [0.25, 0.3) is 10.0 Å². The SMILES string of the molecule is COC(=O)c1cc(S(=O)(=O)Nc2ccc(S(=O)(=O)NC3CC3)cc2)ccc1Br. The van der Waals surface area contributed by atoms with Crippen LogP contribution in [0, 0.1) is 0 Å². The number of nitrogens with one attached hydrogen (secondary N) is 2. The van der Waals surface area contributed by atoms with Crippen molar-refractivity contribution >= 4 is 47.6 Å². The number of rotatable bonds is 7. The normalized spacial score (nSPS) is 14.5. The lowest BCUT2D eigenvalue weighted by molar-refractivity contribution is 0.0599. The molecule has 8 nitrogen and oxygen atoms in total. The van der Waals surface area contributed by atoms with Gasteiger partial charge in [-0.05, 0) is 71.2 Å². The van der Waals surface area contributed by atoms with Crippen molar-refractivity contribution in [3.05, 3.63) is 52.5 Å². The largest absolute Gasteiger partial charge is 0.465 e. The van der Waals surface area contributed by atoms with Crippen LogP contribution in [-0.2, 0) is 24.8 Å². The number of carbonyl (C=O) groups is 1. The molecule has 1 aliphatic rings. The number of halogens is 1. The minimum absolute atomic E-state index is 0.0235. The zero-order valence-corrected chi connectivity index (χ0v) is 17.9. The molecule has 0 saturated heterocycles. The molecule has 0 amide bonds. The van der Waals surface area contributed by atoms with Crippen molar-refractivity contribution in [3.8, 4) is 0 Å². The molecule has 0 aliphatic heterocycles. The van der Waals surface area contributed by atoms with Crippen molar-refractivity contribution < 1.29 is 26.4 Å². The van der Waals surface area contributed by atoms with Crippen LogP contribution in [0.15, 0.2) is 56.7 Å². The van der Waals surface area contributed by atoms with Crippen molar-refractivity contribution in [3.63, 3.8) is 0 Å². The molecule has 11 heteroatoms. The van der Waals surface area contributed by atoms with Gasteiger partial charge in [0, 0.05) is 16.2 Å². The highest BCUT2D eigenvalue weighted by Gasteiger charge is 2.28. The number of hydrogen-bond donors (Lipinski definition) is 2. The van der Waals surface area contributed by atoms with Gasteiger partial charge in [0.05, 0.1) is 22.5 Å². The van der Waals surface area contributed by atoms with Gasteiger partial charge in [0.1, 0.15) is 0 Å². The predicted octanol–water partition coefficient (Wildman–Crippen LogP) is 2.48. The van der Waals surface area contributed by atoms with Gasteiger partial charge >= 0.3 is 5.97 Å². The molecule has 1 aliphatic carbocycles. The molecule has 2 aromatic rings. The second-order valence-corrected chi connectivity index (χ2v) is 10.4. The van der Waals surface area contributed by atoms with Gasteiger partial charge in [-0.1, -0.05) is 0 Å². The van der Waals surface area contributed by atoms with E-state index < -0.39 is 26.0 Å². The third-order valence-corrected chi connectivity index (χ3v) is 7.58. The molecule has 1 fully saturated rings. The van der Waals surface area contributed by atoms with E-state index in [0.29, 0.717) is 4.47 Å². The van der Waals surface area contributed by atoms with Crippen LogP contribution in [0.5, 0.6) is 0 Å². The van der Waals surface area contributed by atoms with Crippen molar-refractivity contribution in [2.24, 2.45) is 0 Å². The summed E-state index contributed by atoms with van der Waals surface area (Å²) in [6, 6.07) is 9.30. The minimum Gasteiger partial charge on any atom is -0.465 e. The van der Waals surface area contributed by atoms with Gasteiger partial charge < -0.3 is 4.74 Å². The summed E-state index contributed by atoms with van der Waals surface area (Å²) in [6.45, 7) is 0. The van der Waals surface area contributed by atoms with Crippen LogP contribution in [-0.4, -0.2) is 36.0 Å². The third kappa shape index (κ3) is 4.72. The molecule has 2 aromatic carbocycles. The van der Waals surface area contributed by atoms with Gasteiger partial charge in [0.15, 0.2) is 0 Å². The molecule has 0 aromatic heterocycles. The first-order valence-corrected chi connectivity index (χ1v) is 11.9. The second kappa shape index (κ2) is 7.82. The lowest BCUT2D eigenvalue weighted by Crippen LogP contribution is -2.25. The lowest BCUT2D eigenvalue weighted by Gasteiger charge is -2.11. The summed E-state index contributed by atoms with van der Waals surface area (Å²) in [5.74, 6) is -0.679. The summed E-state index contributed by atoms with van der Waals surface area (Å²) in [4.78, 5) is 11.7. The van der Waals surface area contributed by atoms with Crippen LogP contribution in [0.3, 0.4) is 0 Å². The van der Waals surface area contributed by atoms with Crippen LogP contribution >= 0.6 is 15.9 Å². The predicted molar refractivity (Wildman–Crippen MR) is 106 cm³/mol. The minimum atomic E-state index is -4.00. The lowest BCUT2D eigenvalue weighted by atomic mass is 10.2. The monoisotopic (exact) mass is 488 g/mol. The fourth-order valence-electron chi connectivity index (χ4n) is 2.34. The van der Waals surface area contributed by atoms with E-state index in [1.54, 1.807) is 0 Å². The molecule has 0 bridgehead atoms. The molecule has 2 N–H and O–H groups in total. The van der Waals surface area contributed by atoms with Gasteiger partial charge in [-0.2, -0.15) is 0 Å². The van der Waals surface area contributed by atoms with Crippen LogP contribution in [0.1, 0.15) is 23.2 Å². The Bertz CT molecular complexity index is 1110. The smallest absolute Gasteiger partial charge is 0.339 e. The Hall–Kier alpha value is -1.95.